The van der Waals surface area contributed by atoms with E-state index in [9.17, 15) is 4.79 Å². The maximum Gasteiger partial charge on any atom is 0.329 e. The first-order valence-corrected chi connectivity index (χ1v) is 8.44. The quantitative estimate of drug-likeness (QED) is 0.780. The molecule has 0 saturated carbocycles. The first kappa shape index (κ1) is 15.4. The summed E-state index contributed by atoms with van der Waals surface area (Å²) in [6, 6.07) is 12.2. The van der Waals surface area contributed by atoms with Crippen molar-refractivity contribution < 1.29 is 4.79 Å². The molecule has 3 heterocycles. The Morgan fingerprint density at radius 2 is 1.96 bits per heavy atom. The van der Waals surface area contributed by atoms with Crippen molar-refractivity contribution in [2.45, 2.75) is 6.42 Å². The van der Waals surface area contributed by atoms with Gasteiger partial charge in [0.25, 0.3) is 0 Å². The van der Waals surface area contributed by atoms with Gasteiger partial charge in [-0.15, -0.1) is 0 Å². The minimum Gasteiger partial charge on any atom is -0.353 e. The van der Waals surface area contributed by atoms with Crippen LogP contribution in [0.4, 0.5) is 10.6 Å². The Labute approximate surface area is 145 Å². The Hall–Kier alpha value is -3.09. The van der Waals surface area contributed by atoms with E-state index in [1.165, 1.54) is 4.57 Å². The number of amides is 1. The Morgan fingerprint density at radius 3 is 2.76 bits per heavy atom. The molecule has 1 fully saturated rings. The zero-order valence-electron chi connectivity index (χ0n) is 13.9. The van der Waals surface area contributed by atoms with E-state index in [0.29, 0.717) is 6.54 Å². The van der Waals surface area contributed by atoms with Crippen LogP contribution in [0, 0.1) is 0 Å². The number of imidazole rings is 1. The van der Waals surface area contributed by atoms with Gasteiger partial charge in [0.2, 0.25) is 0 Å². The van der Waals surface area contributed by atoms with Crippen molar-refractivity contribution in [2.75, 3.05) is 31.1 Å². The molecule has 2 aromatic heterocycles. The summed E-state index contributed by atoms with van der Waals surface area (Å²) in [6.45, 7) is 3.06. The Morgan fingerprint density at radius 1 is 1.08 bits per heavy atom. The predicted octanol–water partition coefficient (Wildman–Crippen LogP) is 2.45. The summed E-state index contributed by atoms with van der Waals surface area (Å²) in [5.74, 6) is 0.927. The van der Waals surface area contributed by atoms with E-state index in [4.69, 9.17) is 0 Å². The zero-order chi connectivity index (χ0) is 17.1. The van der Waals surface area contributed by atoms with Gasteiger partial charge in [-0.3, -0.25) is 9.67 Å². The van der Waals surface area contributed by atoms with Crippen molar-refractivity contribution >= 4 is 11.8 Å². The fourth-order valence-electron chi connectivity index (χ4n) is 3.11. The Balaban J connectivity index is 1.45. The van der Waals surface area contributed by atoms with Crippen molar-refractivity contribution in [1.82, 2.24) is 24.6 Å². The summed E-state index contributed by atoms with van der Waals surface area (Å²) >= 11 is 0. The molecule has 1 aliphatic rings. The smallest absolute Gasteiger partial charge is 0.329 e. The first-order chi connectivity index (χ1) is 12.3. The number of H-pyrrole nitrogens is 1. The summed E-state index contributed by atoms with van der Waals surface area (Å²) in [5, 5.41) is 7.57. The Kier molecular flexibility index (Phi) is 4.20. The van der Waals surface area contributed by atoms with Gasteiger partial charge in [0.15, 0.2) is 5.82 Å². The summed E-state index contributed by atoms with van der Waals surface area (Å²) in [7, 11) is 0. The number of aromatic nitrogens is 4. The predicted molar refractivity (Wildman–Crippen MR) is 95.4 cm³/mol. The van der Waals surface area contributed by atoms with Gasteiger partial charge < -0.3 is 9.80 Å². The van der Waals surface area contributed by atoms with Crippen molar-refractivity contribution in [2.24, 2.45) is 0 Å². The number of anilines is 1. The molecule has 1 amide bonds. The average molecular weight is 336 g/mol. The highest BCUT2D eigenvalue weighted by Gasteiger charge is 2.21. The highest BCUT2D eigenvalue weighted by Crippen LogP contribution is 2.22. The number of carbonyl (C=O) groups is 1. The third-order valence-corrected chi connectivity index (χ3v) is 4.46. The number of carbonyl (C=O) groups excluding carboxylic acids is 1. The molecule has 0 unspecified atom stereocenters. The zero-order valence-corrected chi connectivity index (χ0v) is 13.9. The normalized spacial score (nSPS) is 15.2. The summed E-state index contributed by atoms with van der Waals surface area (Å²) < 4.78 is 1.53. The van der Waals surface area contributed by atoms with Crippen molar-refractivity contribution in [1.29, 1.82) is 0 Å². The third kappa shape index (κ3) is 3.26. The number of hydrogen-bond donors (Lipinski definition) is 1. The standard InChI is InChI=1S/C18H20N6O/c25-18(24-10-7-19-14-24)23-9-4-8-22(11-12-23)17-13-16(20-21-17)15-5-2-1-3-6-15/h1-3,5-7,10,13-14H,4,8-9,11-12H2,(H,20,21). The van der Waals surface area contributed by atoms with Crippen LogP contribution < -0.4 is 4.90 Å². The highest BCUT2D eigenvalue weighted by atomic mass is 16.2. The molecule has 1 saturated heterocycles. The van der Waals surface area contributed by atoms with Gasteiger partial charge in [-0.1, -0.05) is 30.3 Å². The summed E-state index contributed by atoms with van der Waals surface area (Å²) in [6.07, 6.45) is 5.76. The molecule has 128 valence electrons. The van der Waals surface area contributed by atoms with Crippen LogP contribution in [0.2, 0.25) is 0 Å². The first-order valence-electron chi connectivity index (χ1n) is 8.44. The van der Waals surface area contributed by atoms with Gasteiger partial charge >= 0.3 is 6.03 Å². The Bertz CT molecular complexity index is 826. The number of nitrogens with one attached hydrogen (secondary N) is 1. The van der Waals surface area contributed by atoms with Crippen LogP contribution in [0.1, 0.15) is 6.42 Å². The van der Waals surface area contributed by atoms with Crippen molar-refractivity contribution in [3.63, 3.8) is 0 Å². The van der Waals surface area contributed by atoms with E-state index < -0.39 is 0 Å². The molecule has 3 aromatic rings. The second-order valence-electron chi connectivity index (χ2n) is 6.09. The number of aromatic amines is 1. The number of hydrogen-bond acceptors (Lipinski definition) is 4. The number of nitrogens with zero attached hydrogens (tertiary/aromatic N) is 5. The number of rotatable bonds is 2. The second-order valence-corrected chi connectivity index (χ2v) is 6.09. The SMILES string of the molecule is O=C(N1CCCN(c2cc(-c3ccccc3)[nH]n2)CC1)n1ccnc1. The van der Waals surface area contributed by atoms with Crippen LogP contribution >= 0.6 is 0 Å². The molecule has 7 heteroatoms. The van der Waals surface area contributed by atoms with Crippen LogP contribution in [0.5, 0.6) is 0 Å². The second kappa shape index (κ2) is 6.80. The molecular weight excluding hydrogens is 316 g/mol. The lowest BCUT2D eigenvalue weighted by Gasteiger charge is -2.21. The topological polar surface area (TPSA) is 70.1 Å². The van der Waals surface area contributed by atoms with E-state index in [1.807, 2.05) is 23.1 Å². The fourth-order valence-corrected chi connectivity index (χ4v) is 3.11. The van der Waals surface area contributed by atoms with Gasteiger partial charge in [0.05, 0.1) is 5.69 Å². The molecule has 25 heavy (non-hydrogen) atoms. The summed E-state index contributed by atoms with van der Waals surface area (Å²) in [5.41, 5.74) is 2.12. The lowest BCUT2D eigenvalue weighted by Crippen LogP contribution is -2.37. The summed E-state index contributed by atoms with van der Waals surface area (Å²) in [4.78, 5) is 20.5. The highest BCUT2D eigenvalue weighted by molar-refractivity contribution is 5.76. The molecule has 0 aliphatic carbocycles. The lowest BCUT2D eigenvalue weighted by molar-refractivity contribution is 0.203. The van der Waals surface area contributed by atoms with Crippen molar-refractivity contribution in [3.05, 3.63) is 55.1 Å². The van der Waals surface area contributed by atoms with Crippen LogP contribution in [0.15, 0.2) is 55.1 Å². The molecule has 1 aromatic carbocycles. The minimum atomic E-state index is -0.0219. The van der Waals surface area contributed by atoms with E-state index in [-0.39, 0.29) is 6.03 Å². The van der Waals surface area contributed by atoms with E-state index in [0.717, 1.165) is 43.1 Å². The molecular formula is C18H20N6O. The van der Waals surface area contributed by atoms with Gasteiger partial charge in [-0.25, -0.2) is 9.78 Å². The van der Waals surface area contributed by atoms with Gasteiger partial charge in [0.1, 0.15) is 6.33 Å². The average Bonchev–Trinajstić information content (AvgIpc) is 3.30. The molecule has 1 aliphatic heterocycles. The molecule has 0 atom stereocenters. The van der Waals surface area contributed by atoms with Crippen LogP contribution in [0.25, 0.3) is 11.3 Å². The van der Waals surface area contributed by atoms with E-state index >= 15 is 0 Å². The molecule has 7 nitrogen and oxygen atoms in total. The number of benzene rings is 1. The van der Waals surface area contributed by atoms with Gasteiger partial charge in [-0.05, 0) is 12.0 Å². The van der Waals surface area contributed by atoms with Crippen LogP contribution in [-0.2, 0) is 0 Å². The van der Waals surface area contributed by atoms with Crippen molar-refractivity contribution in [3.8, 4) is 11.3 Å². The van der Waals surface area contributed by atoms with E-state index in [2.05, 4.69) is 38.3 Å². The minimum absolute atomic E-state index is 0.0219. The largest absolute Gasteiger partial charge is 0.353 e. The van der Waals surface area contributed by atoms with Crippen LogP contribution in [-0.4, -0.2) is 56.9 Å². The van der Waals surface area contributed by atoms with Gasteiger partial charge in [0, 0.05) is 44.6 Å². The van der Waals surface area contributed by atoms with Gasteiger partial charge in [-0.2, -0.15) is 5.10 Å². The lowest BCUT2D eigenvalue weighted by atomic mass is 10.1. The molecule has 0 bridgehead atoms. The maximum atomic E-state index is 12.5. The maximum absolute atomic E-state index is 12.5. The van der Waals surface area contributed by atoms with Crippen LogP contribution in [0.3, 0.4) is 0 Å². The fraction of sp³-hybridized carbons (Fsp3) is 0.278. The monoisotopic (exact) mass is 336 g/mol. The molecule has 4 rings (SSSR count). The molecule has 0 spiro atoms. The molecule has 1 N–H and O–H groups in total. The van der Waals surface area contributed by atoms with E-state index in [1.54, 1.807) is 18.7 Å². The third-order valence-electron chi connectivity index (χ3n) is 4.46. The molecule has 0 radical (unpaired) electrons.